The predicted octanol–water partition coefficient (Wildman–Crippen LogP) is 4.98. The van der Waals surface area contributed by atoms with E-state index in [0.717, 1.165) is 47.5 Å². The molecule has 5 nitrogen and oxygen atoms in total. The summed E-state index contributed by atoms with van der Waals surface area (Å²) in [5.41, 5.74) is 12.5. The Morgan fingerprint density at radius 1 is 1.13 bits per heavy atom. The summed E-state index contributed by atoms with van der Waals surface area (Å²) < 4.78 is 0. The summed E-state index contributed by atoms with van der Waals surface area (Å²) in [6.45, 7) is 3.92. The standard InChI is InChI=1S/C25H26N4O/c1-3-16(2)25(30)29-24-22(13-9-17-7-5-4-6-8-17)27-23-20-12-11-19(26)15-18(20)10-14-21(23)28-24/h4-9,11-13,15-16H,3,10,14,26H2,1-2H3,(H,28,29,30)/b13-9+. The first-order chi connectivity index (χ1) is 14.5. The van der Waals surface area contributed by atoms with E-state index < -0.39 is 0 Å². The van der Waals surface area contributed by atoms with Crippen molar-refractivity contribution in [3.05, 3.63) is 71.0 Å². The molecular formula is C25H26N4O. The molecular weight excluding hydrogens is 372 g/mol. The van der Waals surface area contributed by atoms with Gasteiger partial charge in [0.05, 0.1) is 11.4 Å². The molecule has 0 aliphatic heterocycles. The molecule has 1 amide bonds. The number of amides is 1. The Morgan fingerprint density at radius 3 is 2.70 bits per heavy atom. The van der Waals surface area contributed by atoms with Crippen molar-refractivity contribution in [1.82, 2.24) is 9.97 Å². The summed E-state index contributed by atoms with van der Waals surface area (Å²) >= 11 is 0. The maximum atomic E-state index is 12.6. The van der Waals surface area contributed by atoms with Crippen LogP contribution in [0.5, 0.6) is 0 Å². The zero-order valence-corrected chi connectivity index (χ0v) is 17.4. The van der Waals surface area contributed by atoms with Crippen molar-refractivity contribution in [2.24, 2.45) is 5.92 Å². The fourth-order valence-corrected chi connectivity index (χ4v) is 3.55. The van der Waals surface area contributed by atoms with Gasteiger partial charge in [-0.05, 0) is 48.6 Å². The van der Waals surface area contributed by atoms with E-state index in [1.54, 1.807) is 0 Å². The summed E-state index contributed by atoms with van der Waals surface area (Å²) in [7, 11) is 0. The lowest BCUT2D eigenvalue weighted by molar-refractivity contribution is -0.119. The van der Waals surface area contributed by atoms with Crippen molar-refractivity contribution in [2.45, 2.75) is 33.1 Å². The van der Waals surface area contributed by atoms with Crippen LogP contribution in [0.1, 0.15) is 42.8 Å². The number of aryl methyl sites for hydroxylation is 2. The average Bonchev–Trinajstić information content (AvgIpc) is 2.77. The summed E-state index contributed by atoms with van der Waals surface area (Å²) in [6, 6.07) is 15.9. The molecule has 1 atom stereocenters. The van der Waals surface area contributed by atoms with Gasteiger partial charge in [0, 0.05) is 17.2 Å². The summed E-state index contributed by atoms with van der Waals surface area (Å²) in [6.07, 6.45) is 6.31. The Kier molecular flexibility index (Phi) is 5.61. The summed E-state index contributed by atoms with van der Waals surface area (Å²) in [5, 5.41) is 3.00. The lowest BCUT2D eigenvalue weighted by Crippen LogP contribution is -2.22. The number of nitrogens with two attached hydrogens (primary N) is 1. The summed E-state index contributed by atoms with van der Waals surface area (Å²) in [4.78, 5) is 22.3. The number of carbonyl (C=O) groups excluding carboxylic acids is 1. The van der Waals surface area contributed by atoms with E-state index in [1.165, 1.54) is 5.56 Å². The van der Waals surface area contributed by atoms with E-state index in [-0.39, 0.29) is 11.8 Å². The molecule has 3 aromatic rings. The van der Waals surface area contributed by atoms with Crippen LogP contribution in [-0.4, -0.2) is 15.9 Å². The number of carbonyl (C=O) groups is 1. The highest BCUT2D eigenvalue weighted by Gasteiger charge is 2.22. The van der Waals surface area contributed by atoms with Gasteiger partial charge in [-0.15, -0.1) is 0 Å². The van der Waals surface area contributed by atoms with Crippen LogP contribution in [0.15, 0.2) is 48.5 Å². The zero-order chi connectivity index (χ0) is 21.1. The van der Waals surface area contributed by atoms with E-state index in [2.05, 4.69) is 5.32 Å². The molecule has 0 spiro atoms. The number of nitrogens with zero attached hydrogens (tertiary/aromatic N) is 2. The Hall–Kier alpha value is -3.47. The van der Waals surface area contributed by atoms with Crippen molar-refractivity contribution in [2.75, 3.05) is 11.1 Å². The number of nitrogens with one attached hydrogen (secondary N) is 1. The largest absolute Gasteiger partial charge is 0.399 e. The second-order valence-electron chi connectivity index (χ2n) is 7.71. The molecule has 4 rings (SSSR count). The number of benzene rings is 2. The van der Waals surface area contributed by atoms with Crippen molar-refractivity contribution >= 4 is 29.6 Å². The van der Waals surface area contributed by atoms with Crippen molar-refractivity contribution in [1.29, 1.82) is 0 Å². The van der Waals surface area contributed by atoms with Crippen LogP contribution < -0.4 is 11.1 Å². The second-order valence-corrected chi connectivity index (χ2v) is 7.71. The highest BCUT2D eigenvalue weighted by atomic mass is 16.1. The average molecular weight is 399 g/mol. The van der Waals surface area contributed by atoms with Crippen molar-refractivity contribution in [3.63, 3.8) is 0 Å². The number of nitrogen functional groups attached to an aromatic ring is 1. The lowest BCUT2D eigenvalue weighted by Gasteiger charge is -2.21. The molecule has 1 aliphatic rings. The fourth-order valence-electron chi connectivity index (χ4n) is 3.55. The number of hydrogen-bond donors (Lipinski definition) is 2. The van der Waals surface area contributed by atoms with Gasteiger partial charge >= 0.3 is 0 Å². The lowest BCUT2D eigenvalue weighted by atomic mass is 9.91. The molecule has 1 heterocycles. The van der Waals surface area contributed by atoms with Crippen molar-refractivity contribution < 1.29 is 4.79 Å². The molecule has 1 unspecified atom stereocenters. The highest BCUT2D eigenvalue weighted by molar-refractivity contribution is 5.93. The molecule has 0 saturated heterocycles. The molecule has 0 saturated carbocycles. The van der Waals surface area contributed by atoms with Crippen LogP contribution in [0.3, 0.4) is 0 Å². The number of rotatable bonds is 5. The van der Waals surface area contributed by atoms with Gasteiger partial charge in [-0.25, -0.2) is 9.97 Å². The minimum absolute atomic E-state index is 0.0369. The Morgan fingerprint density at radius 2 is 1.93 bits per heavy atom. The van der Waals surface area contributed by atoms with Gasteiger partial charge in [-0.2, -0.15) is 0 Å². The van der Waals surface area contributed by atoms with Crippen LogP contribution >= 0.6 is 0 Å². The van der Waals surface area contributed by atoms with Gasteiger partial charge in [0.2, 0.25) is 5.91 Å². The van der Waals surface area contributed by atoms with Gasteiger partial charge in [0.25, 0.3) is 0 Å². The van der Waals surface area contributed by atoms with Crippen LogP contribution in [0, 0.1) is 5.92 Å². The highest BCUT2D eigenvalue weighted by Crippen LogP contribution is 2.34. The first kappa shape index (κ1) is 19.8. The minimum Gasteiger partial charge on any atom is -0.399 e. The van der Waals surface area contributed by atoms with Gasteiger partial charge in [-0.1, -0.05) is 56.3 Å². The molecule has 0 bridgehead atoms. The van der Waals surface area contributed by atoms with Crippen LogP contribution in [0.25, 0.3) is 23.4 Å². The molecule has 3 N–H and O–H groups in total. The molecule has 30 heavy (non-hydrogen) atoms. The van der Waals surface area contributed by atoms with Gasteiger partial charge in [-0.3, -0.25) is 4.79 Å². The van der Waals surface area contributed by atoms with Crippen molar-refractivity contribution in [3.8, 4) is 11.3 Å². The predicted molar refractivity (Wildman–Crippen MR) is 123 cm³/mol. The Labute approximate surface area is 177 Å². The van der Waals surface area contributed by atoms with Gasteiger partial charge in [0.15, 0.2) is 5.82 Å². The van der Waals surface area contributed by atoms with Gasteiger partial charge in [0.1, 0.15) is 5.69 Å². The first-order valence-corrected chi connectivity index (χ1v) is 10.4. The molecule has 2 aromatic carbocycles. The van der Waals surface area contributed by atoms with E-state index in [4.69, 9.17) is 15.7 Å². The monoisotopic (exact) mass is 398 g/mol. The molecule has 152 valence electrons. The van der Waals surface area contributed by atoms with E-state index in [1.807, 2.05) is 74.5 Å². The maximum absolute atomic E-state index is 12.6. The second kappa shape index (κ2) is 8.49. The molecule has 1 aliphatic carbocycles. The number of aromatic nitrogens is 2. The molecule has 5 heteroatoms. The van der Waals surface area contributed by atoms with Gasteiger partial charge < -0.3 is 11.1 Å². The van der Waals surface area contributed by atoms with E-state index in [9.17, 15) is 4.79 Å². The quantitative estimate of drug-likeness (QED) is 0.594. The maximum Gasteiger partial charge on any atom is 0.228 e. The molecule has 0 fully saturated rings. The van der Waals surface area contributed by atoms with E-state index in [0.29, 0.717) is 11.5 Å². The summed E-state index contributed by atoms with van der Waals surface area (Å²) in [5.74, 6) is 0.396. The topological polar surface area (TPSA) is 80.9 Å². The Bertz CT molecular complexity index is 1110. The molecule has 0 radical (unpaired) electrons. The SMILES string of the molecule is CCC(C)C(=O)Nc1nc2c(nc1/C=C/c1ccccc1)-c1ccc(N)cc1CC2. The number of fused-ring (bicyclic) bond motifs is 3. The Balaban J connectivity index is 1.78. The normalized spacial score (nSPS) is 13.5. The zero-order valence-electron chi connectivity index (χ0n) is 17.4. The number of hydrogen-bond acceptors (Lipinski definition) is 4. The van der Waals surface area contributed by atoms with Crippen LogP contribution in [0.4, 0.5) is 11.5 Å². The minimum atomic E-state index is -0.0857. The van der Waals surface area contributed by atoms with Crippen LogP contribution in [0.2, 0.25) is 0 Å². The van der Waals surface area contributed by atoms with Crippen LogP contribution in [-0.2, 0) is 17.6 Å². The van der Waals surface area contributed by atoms with E-state index >= 15 is 0 Å². The fraction of sp³-hybridized carbons (Fsp3) is 0.240. The first-order valence-electron chi connectivity index (χ1n) is 10.4. The smallest absolute Gasteiger partial charge is 0.228 e. The third-order valence-electron chi connectivity index (χ3n) is 5.55. The number of anilines is 2. The molecule has 1 aromatic heterocycles. The third kappa shape index (κ3) is 4.10. The third-order valence-corrected chi connectivity index (χ3v) is 5.55.